The highest BCUT2D eigenvalue weighted by atomic mass is 16.4. The van der Waals surface area contributed by atoms with Gasteiger partial charge in [0.05, 0.1) is 0 Å². The van der Waals surface area contributed by atoms with Crippen LogP contribution >= 0.6 is 0 Å². The fourth-order valence-electron chi connectivity index (χ4n) is 0.904. The largest absolute Gasteiger partial charge is 0.480 e. The van der Waals surface area contributed by atoms with Crippen molar-refractivity contribution in [2.45, 2.75) is 6.42 Å². The Hall–Kier alpha value is -1.06. The minimum Gasteiger partial charge on any atom is -0.424 e. The lowest BCUT2D eigenvalue weighted by Gasteiger charge is -1.90. The Labute approximate surface area is 72.4 Å². The van der Waals surface area contributed by atoms with Gasteiger partial charge in [0.15, 0.2) is 0 Å². The molecule has 0 bridgehead atoms. The molecular weight excluding hydrogens is 151 g/mol. The van der Waals surface area contributed by atoms with Gasteiger partial charge < -0.3 is 10.0 Å². The maximum absolute atomic E-state index is 8.55. The van der Waals surface area contributed by atoms with E-state index in [0.717, 1.165) is 12.0 Å². The van der Waals surface area contributed by atoms with Crippen LogP contribution in [0, 0.1) is 0 Å². The van der Waals surface area contributed by atoms with E-state index in [1.165, 1.54) is 5.98 Å². The van der Waals surface area contributed by atoms with Gasteiger partial charge in [-0.05, 0) is 12.0 Å². The topological polar surface area (TPSA) is 40.5 Å². The second-order valence-electron chi connectivity index (χ2n) is 2.51. The molecule has 0 fully saturated rings. The average molecular weight is 162 g/mol. The van der Waals surface area contributed by atoms with Gasteiger partial charge >= 0.3 is 7.12 Å². The van der Waals surface area contributed by atoms with E-state index < -0.39 is 7.12 Å². The van der Waals surface area contributed by atoms with Gasteiger partial charge in [-0.25, -0.2) is 0 Å². The second kappa shape index (κ2) is 4.75. The normalized spacial score (nSPS) is 16.3. The first-order chi connectivity index (χ1) is 5.79. The summed E-state index contributed by atoms with van der Waals surface area (Å²) in [6, 6.07) is 0. The van der Waals surface area contributed by atoms with Crippen molar-refractivity contribution < 1.29 is 10.0 Å². The van der Waals surface area contributed by atoms with Crippen LogP contribution in [0.25, 0.3) is 0 Å². The number of rotatable bonds is 2. The maximum Gasteiger partial charge on any atom is 0.480 e. The van der Waals surface area contributed by atoms with Crippen LogP contribution in [0.3, 0.4) is 0 Å². The predicted octanol–water partition coefficient (Wildman–Crippen LogP) is 0.997. The van der Waals surface area contributed by atoms with Gasteiger partial charge in [-0.2, -0.15) is 0 Å². The van der Waals surface area contributed by atoms with E-state index in [4.69, 9.17) is 10.0 Å². The zero-order chi connectivity index (χ0) is 8.81. The summed E-state index contributed by atoms with van der Waals surface area (Å²) in [5, 5.41) is 17.1. The van der Waals surface area contributed by atoms with E-state index in [9.17, 15) is 0 Å². The standard InChI is InChI=1S/C9H11BO2/c11-10(12)8-7-9-5-3-1-2-4-6-9/h1,3-8,11-12H,2H2/b8-7+. The molecule has 0 heterocycles. The van der Waals surface area contributed by atoms with Gasteiger partial charge in [-0.3, -0.25) is 0 Å². The van der Waals surface area contributed by atoms with Crippen LogP contribution in [0.5, 0.6) is 0 Å². The molecule has 0 radical (unpaired) electrons. The minimum absolute atomic E-state index is 0.926. The molecule has 3 heteroatoms. The quantitative estimate of drug-likeness (QED) is 0.594. The third-order valence-corrected chi connectivity index (χ3v) is 1.47. The van der Waals surface area contributed by atoms with Crippen LogP contribution in [-0.2, 0) is 0 Å². The number of hydrogen-bond donors (Lipinski definition) is 2. The van der Waals surface area contributed by atoms with Crippen molar-refractivity contribution in [3.63, 3.8) is 0 Å². The third-order valence-electron chi connectivity index (χ3n) is 1.47. The van der Waals surface area contributed by atoms with Crippen LogP contribution < -0.4 is 0 Å². The second-order valence-corrected chi connectivity index (χ2v) is 2.51. The van der Waals surface area contributed by atoms with Crippen molar-refractivity contribution in [2.24, 2.45) is 0 Å². The smallest absolute Gasteiger partial charge is 0.424 e. The lowest BCUT2D eigenvalue weighted by atomic mass is 9.90. The Morgan fingerprint density at radius 2 is 2.17 bits per heavy atom. The Morgan fingerprint density at radius 1 is 1.33 bits per heavy atom. The summed E-state index contributed by atoms with van der Waals surface area (Å²) in [4.78, 5) is 0. The summed E-state index contributed by atoms with van der Waals surface area (Å²) in [5.74, 6) is 1.33. The van der Waals surface area contributed by atoms with E-state index in [2.05, 4.69) is 0 Å². The highest BCUT2D eigenvalue weighted by molar-refractivity contribution is 6.47. The molecular formula is C9H11BO2. The van der Waals surface area contributed by atoms with E-state index in [1.54, 1.807) is 6.08 Å². The highest BCUT2D eigenvalue weighted by Crippen LogP contribution is 2.05. The van der Waals surface area contributed by atoms with Gasteiger partial charge in [0.2, 0.25) is 0 Å². The van der Waals surface area contributed by atoms with Crippen molar-refractivity contribution in [3.8, 4) is 0 Å². The predicted molar refractivity (Wildman–Crippen MR) is 50.3 cm³/mol. The summed E-state index contributed by atoms with van der Waals surface area (Å²) in [7, 11) is -1.37. The van der Waals surface area contributed by atoms with Crippen LogP contribution in [0.15, 0.2) is 48.0 Å². The molecule has 0 saturated heterocycles. The van der Waals surface area contributed by atoms with Gasteiger partial charge in [0.25, 0.3) is 0 Å². The lowest BCUT2D eigenvalue weighted by Crippen LogP contribution is -2.05. The summed E-state index contributed by atoms with van der Waals surface area (Å²) in [5.41, 5.74) is 0.969. The highest BCUT2D eigenvalue weighted by Gasteiger charge is 1.97. The molecule has 0 atom stereocenters. The first kappa shape index (κ1) is 9.04. The van der Waals surface area contributed by atoms with Gasteiger partial charge in [-0.15, -0.1) is 0 Å². The third kappa shape index (κ3) is 3.37. The molecule has 0 unspecified atom stereocenters. The first-order valence-corrected chi connectivity index (χ1v) is 3.87. The Morgan fingerprint density at radius 3 is 2.92 bits per heavy atom. The van der Waals surface area contributed by atoms with Crippen molar-refractivity contribution in [1.82, 2.24) is 0 Å². The zero-order valence-corrected chi connectivity index (χ0v) is 6.72. The molecule has 2 nitrogen and oxygen atoms in total. The summed E-state index contributed by atoms with van der Waals surface area (Å²) in [6.45, 7) is 0. The monoisotopic (exact) mass is 162 g/mol. The number of hydrogen-bond acceptors (Lipinski definition) is 2. The molecule has 1 rings (SSSR count). The van der Waals surface area contributed by atoms with E-state index in [0.29, 0.717) is 0 Å². The number of allylic oxidation sites excluding steroid dienone is 7. The summed E-state index contributed by atoms with van der Waals surface area (Å²) < 4.78 is 0. The fraction of sp³-hybridized carbons (Fsp3) is 0.111. The van der Waals surface area contributed by atoms with Crippen LogP contribution in [0.1, 0.15) is 6.42 Å². The molecule has 0 aromatic rings. The molecule has 1 aliphatic carbocycles. The van der Waals surface area contributed by atoms with E-state index in [-0.39, 0.29) is 0 Å². The molecule has 0 aromatic carbocycles. The SMILES string of the molecule is OB(O)/C=C/C1=CC=CCC=C1. The molecule has 0 spiro atoms. The lowest BCUT2D eigenvalue weighted by molar-refractivity contribution is 0.424. The van der Waals surface area contributed by atoms with Gasteiger partial charge in [-0.1, -0.05) is 42.4 Å². The molecule has 12 heavy (non-hydrogen) atoms. The van der Waals surface area contributed by atoms with Gasteiger partial charge in [0.1, 0.15) is 0 Å². The maximum atomic E-state index is 8.55. The van der Waals surface area contributed by atoms with E-state index >= 15 is 0 Å². The fourth-order valence-corrected chi connectivity index (χ4v) is 0.904. The summed E-state index contributed by atoms with van der Waals surface area (Å²) >= 11 is 0. The van der Waals surface area contributed by atoms with Crippen LogP contribution in [0.2, 0.25) is 0 Å². The van der Waals surface area contributed by atoms with Crippen molar-refractivity contribution in [1.29, 1.82) is 0 Å². The Bertz CT molecular complexity index is 249. The van der Waals surface area contributed by atoms with Gasteiger partial charge in [0, 0.05) is 0 Å². The zero-order valence-electron chi connectivity index (χ0n) is 6.72. The van der Waals surface area contributed by atoms with Crippen LogP contribution in [0.4, 0.5) is 0 Å². The molecule has 0 saturated carbocycles. The van der Waals surface area contributed by atoms with Crippen LogP contribution in [-0.4, -0.2) is 17.2 Å². The molecule has 0 aromatic heterocycles. The van der Waals surface area contributed by atoms with Crippen molar-refractivity contribution in [3.05, 3.63) is 48.0 Å². The minimum atomic E-state index is -1.37. The molecule has 2 N–H and O–H groups in total. The summed E-state index contributed by atoms with van der Waals surface area (Å²) in [6.07, 6.45) is 12.5. The molecule has 0 aliphatic heterocycles. The van der Waals surface area contributed by atoms with Crippen molar-refractivity contribution in [2.75, 3.05) is 0 Å². The molecule has 62 valence electrons. The Balaban J connectivity index is 2.62. The Kier molecular flexibility index (Phi) is 3.58. The molecule has 1 aliphatic rings. The first-order valence-electron chi connectivity index (χ1n) is 3.87. The van der Waals surface area contributed by atoms with E-state index in [1.807, 2.05) is 30.4 Å². The van der Waals surface area contributed by atoms with Crippen molar-refractivity contribution >= 4 is 7.12 Å². The average Bonchev–Trinajstić information content (AvgIpc) is 2.28. The molecule has 0 amide bonds.